The predicted molar refractivity (Wildman–Crippen MR) is 109 cm³/mol. The Bertz CT molecular complexity index is 846. The Labute approximate surface area is 169 Å². The summed E-state index contributed by atoms with van der Waals surface area (Å²) in [5.41, 5.74) is 8.92. The molecule has 0 atom stereocenters. The van der Waals surface area contributed by atoms with Gasteiger partial charge in [-0.3, -0.25) is 4.79 Å². The third-order valence-corrected chi connectivity index (χ3v) is 5.70. The molecule has 0 aliphatic carbocycles. The number of hydrogen-bond acceptors (Lipinski definition) is 5. The molecule has 1 aliphatic heterocycles. The Morgan fingerprint density at radius 3 is 2.67 bits per heavy atom. The first-order chi connectivity index (χ1) is 12.8. The van der Waals surface area contributed by atoms with Crippen LogP contribution in [-0.2, 0) is 11.3 Å². The smallest absolute Gasteiger partial charge is 0.207 e. The van der Waals surface area contributed by atoms with Crippen molar-refractivity contribution in [1.82, 2.24) is 15.3 Å². The molecular weight excluding hydrogens is 385 g/mol. The SMILES string of the molecule is Cc1nc(N2CCC(C)(N)CC2)c(CNC=O)nc1-c1cccc(Cl)c1Cl. The van der Waals surface area contributed by atoms with Crippen molar-refractivity contribution in [3.05, 3.63) is 39.6 Å². The van der Waals surface area contributed by atoms with Crippen LogP contribution in [0, 0.1) is 6.92 Å². The fraction of sp³-hybridized carbons (Fsp3) is 0.421. The molecule has 1 fully saturated rings. The van der Waals surface area contributed by atoms with Gasteiger partial charge in [0, 0.05) is 24.2 Å². The molecule has 8 heteroatoms. The number of amides is 1. The molecule has 1 aliphatic rings. The Morgan fingerprint density at radius 2 is 2.00 bits per heavy atom. The average Bonchev–Trinajstić information content (AvgIpc) is 2.63. The highest BCUT2D eigenvalue weighted by Crippen LogP contribution is 2.35. The van der Waals surface area contributed by atoms with Crippen LogP contribution in [0.15, 0.2) is 18.2 Å². The van der Waals surface area contributed by atoms with Crippen LogP contribution in [0.5, 0.6) is 0 Å². The largest absolute Gasteiger partial charge is 0.355 e. The van der Waals surface area contributed by atoms with Crippen molar-refractivity contribution in [3.63, 3.8) is 0 Å². The fourth-order valence-electron chi connectivity index (χ4n) is 3.22. The number of nitrogens with two attached hydrogens (primary N) is 1. The molecule has 0 unspecified atom stereocenters. The maximum atomic E-state index is 10.8. The number of hydrogen-bond donors (Lipinski definition) is 2. The van der Waals surface area contributed by atoms with Gasteiger partial charge >= 0.3 is 0 Å². The summed E-state index contributed by atoms with van der Waals surface area (Å²) in [6.45, 7) is 5.85. The second kappa shape index (κ2) is 8.00. The number of aromatic nitrogens is 2. The van der Waals surface area contributed by atoms with Gasteiger partial charge in [0.2, 0.25) is 6.41 Å². The second-order valence-electron chi connectivity index (χ2n) is 7.17. The van der Waals surface area contributed by atoms with E-state index < -0.39 is 0 Å². The van der Waals surface area contributed by atoms with Crippen molar-refractivity contribution in [2.24, 2.45) is 5.73 Å². The van der Waals surface area contributed by atoms with Gasteiger partial charge in [0.15, 0.2) is 5.82 Å². The van der Waals surface area contributed by atoms with E-state index in [2.05, 4.69) is 17.1 Å². The van der Waals surface area contributed by atoms with Gasteiger partial charge in [0.05, 0.1) is 28.0 Å². The van der Waals surface area contributed by atoms with Crippen molar-refractivity contribution in [3.8, 4) is 11.3 Å². The minimum Gasteiger partial charge on any atom is -0.355 e. The first kappa shape index (κ1) is 19.9. The van der Waals surface area contributed by atoms with Crippen LogP contribution in [0.3, 0.4) is 0 Å². The third-order valence-electron chi connectivity index (χ3n) is 4.89. The third kappa shape index (κ3) is 4.34. The van der Waals surface area contributed by atoms with Gasteiger partial charge in [-0.1, -0.05) is 35.3 Å². The first-order valence-corrected chi connectivity index (χ1v) is 9.61. The Kier molecular flexibility index (Phi) is 5.89. The predicted octanol–water partition coefficient (Wildman–Crippen LogP) is 3.32. The highest BCUT2D eigenvalue weighted by Gasteiger charge is 2.28. The lowest BCUT2D eigenvalue weighted by Gasteiger charge is -2.38. The van der Waals surface area contributed by atoms with Crippen LogP contribution in [0.4, 0.5) is 5.82 Å². The van der Waals surface area contributed by atoms with Crippen LogP contribution in [0.25, 0.3) is 11.3 Å². The number of benzene rings is 1. The van der Waals surface area contributed by atoms with E-state index >= 15 is 0 Å². The Balaban J connectivity index is 2.03. The molecule has 2 heterocycles. The van der Waals surface area contributed by atoms with Crippen molar-refractivity contribution in [2.75, 3.05) is 18.0 Å². The lowest BCUT2D eigenvalue weighted by Crippen LogP contribution is -2.48. The summed E-state index contributed by atoms with van der Waals surface area (Å²) < 4.78 is 0. The highest BCUT2D eigenvalue weighted by atomic mass is 35.5. The number of aryl methyl sites for hydroxylation is 1. The number of carbonyl (C=O) groups excluding carboxylic acids is 1. The summed E-state index contributed by atoms with van der Waals surface area (Å²) in [5, 5.41) is 3.59. The molecule has 27 heavy (non-hydrogen) atoms. The molecule has 3 rings (SSSR count). The lowest BCUT2D eigenvalue weighted by molar-refractivity contribution is -0.109. The van der Waals surface area contributed by atoms with Crippen molar-refractivity contribution in [1.29, 1.82) is 0 Å². The molecule has 0 bridgehead atoms. The molecule has 1 saturated heterocycles. The summed E-state index contributed by atoms with van der Waals surface area (Å²) in [5.74, 6) is 0.777. The topological polar surface area (TPSA) is 84.1 Å². The van der Waals surface area contributed by atoms with Gasteiger partial charge in [-0.05, 0) is 32.8 Å². The van der Waals surface area contributed by atoms with E-state index in [0.29, 0.717) is 27.8 Å². The molecule has 2 aromatic rings. The van der Waals surface area contributed by atoms with E-state index in [1.165, 1.54) is 0 Å². The van der Waals surface area contributed by atoms with Crippen LogP contribution in [-0.4, -0.2) is 35.0 Å². The number of anilines is 1. The molecular formula is C19H23Cl2N5O. The quantitative estimate of drug-likeness (QED) is 0.742. The van der Waals surface area contributed by atoms with Gasteiger partial charge in [-0.2, -0.15) is 0 Å². The summed E-state index contributed by atoms with van der Waals surface area (Å²) in [6, 6.07) is 5.42. The summed E-state index contributed by atoms with van der Waals surface area (Å²) in [4.78, 5) is 22.6. The highest BCUT2D eigenvalue weighted by molar-refractivity contribution is 6.43. The fourth-order valence-corrected chi connectivity index (χ4v) is 3.61. The van der Waals surface area contributed by atoms with Gasteiger partial charge in [-0.25, -0.2) is 9.97 Å². The van der Waals surface area contributed by atoms with Gasteiger partial charge in [-0.15, -0.1) is 0 Å². The van der Waals surface area contributed by atoms with Gasteiger partial charge in [0.25, 0.3) is 0 Å². The number of carbonyl (C=O) groups is 1. The first-order valence-electron chi connectivity index (χ1n) is 8.85. The molecule has 0 saturated carbocycles. The van der Waals surface area contributed by atoms with E-state index in [4.69, 9.17) is 38.9 Å². The van der Waals surface area contributed by atoms with Crippen molar-refractivity contribution in [2.45, 2.75) is 38.8 Å². The van der Waals surface area contributed by atoms with Crippen LogP contribution in [0.1, 0.15) is 31.2 Å². The zero-order valence-corrected chi connectivity index (χ0v) is 16.9. The number of nitrogens with zero attached hydrogens (tertiary/aromatic N) is 3. The normalized spacial score (nSPS) is 16.3. The summed E-state index contributed by atoms with van der Waals surface area (Å²) >= 11 is 12.5. The maximum absolute atomic E-state index is 10.8. The minimum atomic E-state index is -0.158. The molecule has 1 amide bonds. The van der Waals surface area contributed by atoms with E-state index in [-0.39, 0.29) is 12.1 Å². The van der Waals surface area contributed by atoms with Crippen LogP contribution >= 0.6 is 23.2 Å². The molecule has 0 spiro atoms. The number of rotatable bonds is 5. The van der Waals surface area contributed by atoms with Gasteiger partial charge < -0.3 is 16.0 Å². The van der Waals surface area contributed by atoms with Crippen LogP contribution in [0.2, 0.25) is 10.0 Å². The maximum Gasteiger partial charge on any atom is 0.207 e. The van der Waals surface area contributed by atoms with Crippen molar-refractivity contribution >= 4 is 35.4 Å². The number of nitrogens with one attached hydrogen (secondary N) is 1. The summed E-state index contributed by atoms with van der Waals surface area (Å²) in [6.07, 6.45) is 2.40. The molecule has 144 valence electrons. The minimum absolute atomic E-state index is 0.158. The standard InChI is InChI=1S/C19H23Cl2N5O/c1-12-17(13-4-3-5-14(20)16(13)21)25-15(10-23-11-27)18(24-12)26-8-6-19(2,22)7-9-26/h3-5,11H,6-10,22H2,1-2H3,(H,23,27). The number of halogens is 2. The molecule has 1 aromatic carbocycles. The molecule has 3 N–H and O–H groups in total. The van der Waals surface area contributed by atoms with Crippen LogP contribution < -0.4 is 16.0 Å². The molecule has 0 radical (unpaired) electrons. The van der Waals surface area contributed by atoms with E-state index in [1.54, 1.807) is 6.07 Å². The van der Waals surface area contributed by atoms with E-state index in [1.807, 2.05) is 19.1 Å². The lowest BCUT2D eigenvalue weighted by atomic mass is 9.91. The van der Waals surface area contributed by atoms with E-state index in [0.717, 1.165) is 43.0 Å². The Morgan fingerprint density at radius 1 is 1.30 bits per heavy atom. The van der Waals surface area contributed by atoms with E-state index in [9.17, 15) is 4.79 Å². The number of piperidine rings is 1. The summed E-state index contributed by atoms with van der Waals surface area (Å²) in [7, 11) is 0. The zero-order chi connectivity index (χ0) is 19.6. The second-order valence-corrected chi connectivity index (χ2v) is 7.95. The Hall–Kier alpha value is -1.89. The van der Waals surface area contributed by atoms with Crippen molar-refractivity contribution < 1.29 is 4.79 Å². The average molecular weight is 408 g/mol. The molecule has 1 aromatic heterocycles. The van der Waals surface area contributed by atoms with Gasteiger partial charge in [0.1, 0.15) is 5.69 Å². The zero-order valence-electron chi connectivity index (χ0n) is 15.4. The monoisotopic (exact) mass is 407 g/mol. The molecule has 6 nitrogen and oxygen atoms in total.